The Hall–Kier alpha value is -1.17. The van der Waals surface area contributed by atoms with Crippen molar-refractivity contribution in [3.63, 3.8) is 0 Å². The van der Waals surface area contributed by atoms with Crippen LogP contribution in [0, 0.1) is 5.82 Å². The molecule has 1 aliphatic heterocycles. The van der Waals surface area contributed by atoms with Gasteiger partial charge < -0.3 is 10.6 Å². The average molecular weight is 300 g/mol. The molecule has 110 valence electrons. The predicted molar refractivity (Wildman–Crippen MR) is 77.3 cm³/mol. The Morgan fingerprint density at radius 2 is 2.05 bits per heavy atom. The molecular weight excluding hydrogens is 281 g/mol. The highest BCUT2D eigenvalue weighted by molar-refractivity contribution is 6.30. The van der Waals surface area contributed by atoms with Gasteiger partial charge in [-0.15, -0.1) is 0 Å². The second kappa shape index (κ2) is 6.52. The minimum atomic E-state index is -0.520. The van der Waals surface area contributed by atoms with Crippen LogP contribution in [0.2, 0.25) is 5.02 Å². The van der Waals surface area contributed by atoms with Crippen LogP contribution in [-0.2, 0) is 4.79 Å². The minimum Gasteiger partial charge on any atom is -0.369 e. The van der Waals surface area contributed by atoms with Gasteiger partial charge in [0, 0.05) is 32.7 Å². The highest BCUT2D eigenvalue weighted by atomic mass is 35.5. The number of amides is 1. The standard InChI is InChI=1S/C14H19ClFN3O/c1-18-4-6-19(7-5-18)9-11(14(17)20)10-2-3-12(15)13(16)8-10/h2-3,8,11H,4-7,9H2,1H3,(H2,17,20)/t11-/m0/s1. The Kier molecular flexibility index (Phi) is 4.96. The van der Waals surface area contributed by atoms with Crippen molar-refractivity contribution in [3.8, 4) is 0 Å². The molecule has 1 aromatic carbocycles. The van der Waals surface area contributed by atoms with Crippen molar-refractivity contribution in [1.29, 1.82) is 0 Å². The highest BCUT2D eigenvalue weighted by Crippen LogP contribution is 2.23. The van der Waals surface area contributed by atoms with E-state index in [9.17, 15) is 9.18 Å². The van der Waals surface area contributed by atoms with Gasteiger partial charge in [-0.2, -0.15) is 0 Å². The number of primary amides is 1. The van der Waals surface area contributed by atoms with Crippen LogP contribution in [-0.4, -0.2) is 55.5 Å². The van der Waals surface area contributed by atoms with Crippen LogP contribution in [0.25, 0.3) is 0 Å². The summed E-state index contributed by atoms with van der Waals surface area (Å²) in [6.45, 7) is 4.21. The van der Waals surface area contributed by atoms with Crippen LogP contribution < -0.4 is 5.73 Å². The lowest BCUT2D eigenvalue weighted by Crippen LogP contribution is -2.47. The number of hydrogen-bond donors (Lipinski definition) is 1. The fourth-order valence-corrected chi connectivity index (χ4v) is 2.49. The van der Waals surface area contributed by atoms with Crippen LogP contribution in [0.4, 0.5) is 4.39 Å². The summed E-state index contributed by atoms with van der Waals surface area (Å²) in [5, 5.41) is 0.0524. The summed E-state index contributed by atoms with van der Waals surface area (Å²) in [6, 6.07) is 4.43. The van der Waals surface area contributed by atoms with Gasteiger partial charge in [0.15, 0.2) is 0 Å². The van der Waals surface area contributed by atoms with Crippen LogP contribution in [0.15, 0.2) is 18.2 Å². The fraction of sp³-hybridized carbons (Fsp3) is 0.500. The molecule has 4 nitrogen and oxygen atoms in total. The van der Waals surface area contributed by atoms with E-state index in [0.29, 0.717) is 12.1 Å². The first-order chi connectivity index (χ1) is 9.47. The van der Waals surface area contributed by atoms with Gasteiger partial charge in [-0.25, -0.2) is 4.39 Å². The summed E-state index contributed by atoms with van der Waals surface area (Å²) in [5.41, 5.74) is 6.05. The number of rotatable bonds is 4. The molecule has 0 spiro atoms. The molecule has 0 unspecified atom stereocenters. The lowest BCUT2D eigenvalue weighted by atomic mass is 9.97. The number of halogens is 2. The first-order valence-electron chi connectivity index (χ1n) is 6.62. The monoisotopic (exact) mass is 299 g/mol. The van der Waals surface area contributed by atoms with Crippen molar-refractivity contribution in [2.45, 2.75) is 5.92 Å². The maximum atomic E-state index is 13.5. The number of carbonyl (C=O) groups excluding carboxylic acids is 1. The average Bonchev–Trinajstić information content (AvgIpc) is 2.41. The number of nitrogens with two attached hydrogens (primary N) is 1. The van der Waals surface area contributed by atoms with Crippen LogP contribution in [0.1, 0.15) is 11.5 Å². The van der Waals surface area contributed by atoms with E-state index in [4.69, 9.17) is 17.3 Å². The van der Waals surface area contributed by atoms with Crippen molar-refractivity contribution >= 4 is 17.5 Å². The van der Waals surface area contributed by atoms with Crippen molar-refractivity contribution < 1.29 is 9.18 Å². The van der Waals surface area contributed by atoms with E-state index < -0.39 is 17.6 Å². The van der Waals surface area contributed by atoms with E-state index >= 15 is 0 Å². The zero-order valence-electron chi connectivity index (χ0n) is 11.5. The van der Waals surface area contributed by atoms with Crippen molar-refractivity contribution in [2.24, 2.45) is 5.73 Å². The smallest absolute Gasteiger partial charge is 0.226 e. The first kappa shape index (κ1) is 15.2. The van der Waals surface area contributed by atoms with Crippen LogP contribution in [0.5, 0.6) is 0 Å². The predicted octanol–water partition coefficient (Wildman–Crippen LogP) is 1.30. The molecule has 6 heteroatoms. The Balaban J connectivity index is 2.10. The Labute approximate surface area is 123 Å². The molecule has 1 atom stereocenters. The van der Waals surface area contributed by atoms with E-state index in [-0.39, 0.29) is 5.02 Å². The summed E-state index contributed by atoms with van der Waals surface area (Å²) < 4.78 is 13.5. The molecule has 1 heterocycles. The largest absolute Gasteiger partial charge is 0.369 e. The number of nitrogens with zero attached hydrogens (tertiary/aromatic N) is 2. The summed E-state index contributed by atoms with van der Waals surface area (Å²) in [5.74, 6) is -1.47. The van der Waals surface area contributed by atoms with E-state index in [1.807, 2.05) is 0 Å². The van der Waals surface area contributed by atoms with Crippen LogP contribution in [0.3, 0.4) is 0 Å². The normalized spacial score (nSPS) is 18.9. The van der Waals surface area contributed by atoms with E-state index in [2.05, 4.69) is 16.8 Å². The van der Waals surface area contributed by atoms with Gasteiger partial charge in [0.05, 0.1) is 10.9 Å². The third-order valence-corrected chi connectivity index (χ3v) is 4.03. The molecule has 1 aromatic rings. The van der Waals surface area contributed by atoms with Crippen molar-refractivity contribution in [2.75, 3.05) is 39.8 Å². The third-order valence-electron chi connectivity index (χ3n) is 3.73. The molecule has 1 fully saturated rings. The van der Waals surface area contributed by atoms with Crippen molar-refractivity contribution in [3.05, 3.63) is 34.6 Å². The molecule has 0 aliphatic carbocycles. The number of hydrogen-bond acceptors (Lipinski definition) is 3. The molecule has 0 radical (unpaired) electrons. The molecule has 20 heavy (non-hydrogen) atoms. The third kappa shape index (κ3) is 3.69. The zero-order valence-corrected chi connectivity index (χ0v) is 12.2. The van der Waals surface area contributed by atoms with Crippen molar-refractivity contribution in [1.82, 2.24) is 9.80 Å². The van der Waals surface area contributed by atoms with Gasteiger partial charge in [0.2, 0.25) is 5.91 Å². The summed E-state index contributed by atoms with van der Waals surface area (Å²) in [4.78, 5) is 16.1. The number of carbonyl (C=O) groups is 1. The fourth-order valence-electron chi connectivity index (χ4n) is 2.38. The lowest BCUT2D eigenvalue weighted by molar-refractivity contribution is -0.120. The first-order valence-corrected chi connectivity index (χ1v) is 7.00. The molecule has 0 saturated carbocycles. The molecule has 2 N–H and O–H groups in total. The zero-order chi connectivity index (χ0) is 14.7. The summed E-state index contributed by atoms with van der Waals surface area (Å²) >= 11 is 5.67. The lowest BCUT2D eigenvalue weighted by Gasteiger charge is -2.34. The number of likely N-dealkylation sites (N-methyl/N-ethyl adjacent to an activating group) is 1. The second-order valence-electron chi connectivity index (χ2n) is 5.23. The van der Waals surface area contributed by atoms with Crippen LogP contribution >= 0.6 is 11.6 Å². The maximum absolute atomic E-state index is 13.5. The highest BCUT2D eigenvalue weighted by Gasteiger charge is 2.24. The molecule has 1 aliphatic rings. The van der Waals surface area contributed by atoms with Gasteiger partial charge in [-0.1, -0.05) is 17.7 Å². The summed E-state index contributed by atoms with van der Waals surface area (Å²) in [7, 11) is 2.07. The van der Waals surface area contributed by atoms with E-state index in [1.54, 1.807) is 6.07 Å². The van der Waals surface area contributed by atoms with Gasteiger partial charge in [-0.3, -0.25) is 9.69 Å². The Morgan fingerprint density at radius 1 is 1.40 bits per heavy atom. The van der Waals surface area contributed by atoms with Gasteiger partial charge in [-0.05, 0) is 24.7 Å². The SMILES string of the molecule is CN1CCN(C[C@H](C(N)=O)c2ccc(Cl)c(F)c2)CC1. The molecule has 1 amide bonds. The molecule has 1 saturated heterocycles. The molecule has 2 rings (SSSR count). The number of benzene rings is 1. The topological polar surface area (TPSA) is 49.6 Å². The molecule has 0 bridgehead atoms. The Bertz CT molecular complexity index is 489. The quantitative estimate of drug-likeness (QED) is 0.911. The maximum Gasteiger partial charge on any atom is 0.226 e. The van der Waals surface area contributed by atoms with Gasteiger partial charge >= 0.3 is 0 Å². The number of piperazine rings is 1. The minimum absolute atomic E-state index is 0.0524. The van der Waals surface area contributed by atoms with Gasteiger partial charge in [0.25, 0.3) is 0 Å². The molecule has 0 aromatic heterocycles. The van der Waals surface area contributed by atoms with E-state index in [0.717, 1.165) is 26.2 Å². The summed E-state index contributed by atoms with van der Waals surface area (Å²) in [6.07, 6.45) is 0. The second-order valence-corrected chi connectivity index (χ2v) is 5.64. The van der Waals surface area contributed by atoms with Gasteiger partial charge in [0.1, 0.15) is 5.82 Å². The Morgan fingerprint density at radius 3 is 2.60 bits per heavy atom. The van der Waals surface area contributed by atoms with E-state index in [1.165, 1.54) is 12.1 Å². The molecular formula is C14H19ClFN3O.